The summed E-state index contributed by atoms with van der Waals surface area (Å²) in [6.45, 7) is 2.58. The number of rotatable bonds is 7. The van der Waals surface area contributed by atoms with Crippen molar-refractivity contribution in [2.45, 2.75) is 31.2 Å². The Morgan fingerprint density at radius 1 is 1.07 bits per heavy atom. The van der Waals surface area contributed by atoms with E-state index in [9.17, 15) is 4.79 Å². The lowest BCUT2D eigenvalue weighted by Crippen LogP contribution is -2.32. The van der Waals surface area contributed by atoms with Crippen LogP contribution in [0.5, 0.6) is 0 Å². The van der Waals surface area contributed by atoms with Gasteiger partial charge in [-0.1, -0.05) is 60.7 Å². The molecule has 1 amide bonds. The monoisotopic (exact) mass is 388 g/mol. The number of benzene rings is 2. The van der Waals surface area contributed by atoms with Crippen molar-refractivity contribution in [3.05, 3.63) is 89.7 Å². The van der Waals surface area contributed by atoms with E-state index in [2.05, 4.69) is 64.3 Å². The number of nitrogens with zero attached hydrogens (tertiary/aromatic N) is 2. The second-order valence-corrected chi connectivity index (χ2v) is 7.60. The average molecular weight is 389 g/mol. The molecule has 1 aromatic heterocycles. The van der Waals surface area contributed by atoms with Crippen LogP contribution >= 0.6 is 0 Å². The van der Waals surface area contributed by atoms with Crippen LogP contribution in [0.4, 0.5) is 0 Å². The number of carbonyl (C=O) groups is 1. The van der Waals surface area contributed by atoms with E-state index in [1.54, 1.807) is 0 Å². The molecule has 150 valence electrons. The van der Waals surface area contributed by atoms with Crippen LogP contribution in [0.25, 0.3) is 0 Å². The topological polar surface area (TPSA) is 59.0 Å². The predicted octanol–water partition coefficient (Wildman–Crippen LogP) is 3.76. The normalized spacial score (nSPS) is 16.7. The zero-order valence-corrected chi connectivity index (χ0v) is 16.6. The van der Waals surface area contributed by atoms with Gasteiger partial charge in [0.25, 0.3) is 5.91 Å². The highest BCUT2D eigenvalue weighted by Crippen LogP contribution is 2.27. The van der Waals surface area contributed by atoms with Crippen LogP contribution in [-0.4, -0.2) is 35.3 Å². The lowest BCUT2D eigenvalue weighted by atomic mass is 9.88. The molecular weight excluding hydrogens is 360 g/mol. The molecule has 29 heavy (non-hydrogen) atoms. The molecule has 0 radical (unpaired) electrons. The van der Waals surface area contributed by atoms with Crippen molar-refractivity contribution in [2.75, 3.05) is 19.6 Å². The van der Waals surface area contributed by atoms with Crippen LogP contribution in [0.3, 0.4) is 0 Å². The van der Waals surface area contributed by atoms with Crippen molar-refractivity contribution in [1.29, 1.82) is 0 Å². The van der Waals surface area contributed by atoms with E-state index >= 15 is 0 Å². The molecule has 5 heteroatoms. The molecule has 4 rings (SSSR count). The first-order chi connectivity index (χ1) is 14.3. The maximum Gasteiger partial charge on any atom is 0.271 e. The summed E-state index contributed by atoms with van der Waals surface area (Å²) in [6.07, 6.45) is 5.01. The van der Waals surface area contributed by atoms with Crippen molar-refractivity contribution in [3.8, 4) is 0 Å². The molecule has 1 aliphatic rings. The molecule has 0 spiro atoms. The number of hydrogen-bond donors (Lipinski definition) is 2. The van der Waals surface area contributed by atoms with Gasteiger partial charge in [0.05, 0.1) is 6.04 Å². The number of piperidine rings is 1. The van der Waals surface area contributed by atoms with Gasteiger partial charge in [-0.15, -0.1) is 0 Å². The van der Waals surface area contributed by atoms with Gasteiger partial charge >= 0.3 is 0 Å². The largest absolute Gasteiger partial charge is 0.351 e. The molecule has 1 unspecified atom stereocenters. The Hall–Kier alpha value is -2.92. The molecule has 2 heterocycles. The molecule has 0 saturated carbocycles. The van der Waals surface area contributed by atoms with Crippen LogP contribution in [0.15, 0.2) is 72.9 Å². The van der Waals surface area contributed by atoms with E-state index in [-0.39, 0.29) is 11.8 Å². The molecule has 1 saturated heterocycles. The summed E-state index contributed by atoms with van der Waals surface area (Å²) in [6, 6.07) is 23.1. The number of hydrogen-bond acceptors (Lipinski definition) is 3. The van der Waals surface area contributed by atoms with Crippen LogP contribution < -0.4 is 10.6 Å². The van der Waals surface area contributed by atoms with Crippen molar-refractivity contribution in [1.82, 2.24) is 20.4 Å². The van der Waals surface area contributed by atoms with Crippen molar-refractivity contribution < 1.29 is 4.79 Å². The Morgan fingerprint density at radius 3 is 2.38 bits per heavy atom. The molecule has 2 N–H and O–H groups in total. The molecule has 0 bridgehead atoms. The fourth-order valence-corrected chi connectivity index (χ4v) is 4.04. The van der Waals surface area contributed by atoms with Crippen LogP contribution in [0.1, 0.15) is 52.8 Å². The highest BCUT2D eigenvalue weighted by atomic mass is 16.1. The number of aromatic nitrogens is 2. The van der Waals surface area contributed by atoms with E-state index in [4.69, 9.17) is 0 Å². The maximum absolute atomic E-state index is 12.6. The molecule has 3 aromatic rings. The minimum absolute atomic E-state index is 0.104. The van der Waals surface area contributed by atoms with E-state index in [1.807, 2.05) is 29.1 Å². The van der Waals surface area contributed by atoms with Crippen molar-refractivity contribution in [2.24, 2.45) is 0 Å². The Balaban J connectivity index is 1.37. The Bertz CT molecular complexity index is 861. The molecule has 2 aromatic carbocycles. The van der Waals surface area contributed by atoms with Gasteiger partial charge in [-0.05, 0) is 43.0 Å². The highest BCUT2D eigenvalue weighted by molar-refractivity contribution is 5.92. The Kier molecular flexibility index (Phi) is 6.37. The summed E-state index contributed by atoms with van der Waals surface area (Å²) >= 11 is 0. The summed E-state index contributed by atoms with van der Waals surface area (Å²) in [4.78, 5) is 12.6. The quantitative estimate of drug-likeness (QED) is 0.648. The number of carbonyl (C=O) groups excluding carboxylic acids is 1. The second kappa shape index (κ2) is 9.52. The van der Waals surface area contributed by atoms with Crippen LogP contribution in [-0.2, 0) is 0 Å². The first-order valence-corrected chi connectivity index (χ1v) is 10.5. The summed E-state index contributed by atoms with van der Waals surface area (Å²) in [7, 11) is 0. The standard InChI is InChI=1S/C24H28N4O/c29-24(23-14-17-28(27-23)21-12-7-15-25-18-21)26-16-13-22(19-8-3-1-4-9-19)20-10-5-2-6-11-20/h1-6,8-11,14,17,21-22,25H,7,12-13,15-16,18H2,(H,26,29). The smallest absolute Gasteiger partial charge is 0.271 e. The minimum Gasteiger partial charge on any atom is -0.351 e. The van der Waals surface area contributed by atoms with Crippen molar-refractivity contribution >= 4 is 5.91 Å². The third-order valence-electron chi connectivity index (χ3n) is 5.61. The van der Waals surface area contributed by atoms with Crippen molar-refractivity contribution in [3.63, 3.8) is 0 Å². The third-order valence-corrected chi connectivity index (χ3v) is 5.61. The molecule has 1 aliphatic heterocycles. The van der Waals surface area contributed by atoms with Gasteiger partial charge < -0.3 is 10.6 Å². The fraction of sp³-hybridized carbons (Fsp3) is 0.333. The van der Waals surface area contributed by atoms with E-state index in [0.717, 1.165) is 32.4 Å². The van der Waals surface area contributed by atoms with E-state index in [0.29, 0.717) is 18.3 Å². The minimum atomic E-state index is -0.104. The Morgan fingerprint density at radius 2 is 1.76 bits per heavy atom. The van der Waals surface area contributed by atoms with Gasteiger partial charge in [-0.2, -0.15) is 5.10 Å². The molecule has 0 aliphatic carbocycles. The van der Waals surface area contributed by atoms with Crippen LogP contribution in [0.2, 0.25) is 0 Å². The highest BCUT2D eigenvalue weighted by Gasteiger charge is 2.18. The summed E-state index contributed by atoms with van der Waals surface area (Å²) in [5.41, 5.74) is 3.02. The first-order valence-electron chi connectivity index (χ1n) is 10.5. The van der Waals surface area contributed by atoms with Crippen LogP contribution in [0, 0.1) is 0 Å². The zero-order valence-electron chi connectivity index (χ0n) is 16.6. The van der Waals surface area contributed by atoms with Gasteiger partial charge in [0.2, 0.25) is 0 Å². The van der Waals surface area contributed by atoms with E-state index in [1.165, 1.54) is 11.1 Å². The fourth-order valence-electron chi connectivity index (χ4n) is 4.04. The summed E-state index contributed by atoms with van der Waals surface area (Å²) in [5, 5.41) is 11.0. The number of nitrogens with one attached hydrogen (secondary N) is 2. The van der Waals surface area contributed by atoms with Gasteiger partial charge in [-0.25, -0.2) is 0 Å². The summed E-state index contributed by atoms with van der Waals surface area (Å²) < 4.78 is 1.93. The maximum atomic E-state index is 12.6. The second-order valence-electron chi connectivity index (χ2n) is 7.60. The van der Waals surface area contributed by atoms with Gasteiger partial charge in [0.15, 0.2) is 0 Å². The predicted molar refractivity (Wildman–Crippen MR) is 115 cm³/mol. The van der Waals surface area contributed by atoms with Gasteiger partial charge in [-0.3, -0.25) is 9.48 Å². The lowest BCUT2D eigenvalue weighted by Gasteiger charge is -2.22. The third kappa shape index (κ3) is 4.93. The molecule has 1 fully saturated rings. The number of amides is 1. The first kappa shape index (κ1) is 19.4. The lowest BCUT2D eigenvalue weighted by molar-refractivity contribution is 0.0946. The molecule has 5 nitrogen and oxygen atoms in total. The van der Waals surface area contributed by atoms with Gasteiger partial charge in [0.1, 0.15) is 5.69 Å². The molecular formula is C24H28N4O. The van der Waals surface area contributed by atoms with E-state index < -0.39 is 0 Å². The SMILES string of the molecule is O=C(NCCC(c1ccccc1)c1ccccc1)c1ccn(C2CCCNC2)n1. The van der Waals surface area contributed by atoms with Gasteiger partial charge in [0, 0.05) is 25.2 Å². The molecule has 1 atom stereocenters. The average Bonchev–Trinajstić information content (AvgIpc) is 3.29. The zero-order chi connectivity index (χ0) is 19.9. The Labute approximate surface area is 172 Å². The summed E-state index contributed by atoms with van der Waals surface area (Å²) in [5.74, 6) is 0.149.